The number of carbonyl (C=O) groups excluding carboxylic acids is 1. The standard InChI is InChI=1S/C18H21FN6OS/c1-18(2)17(20)24-15(10-25(3)27-18)12-8-11(4-5-13(12)19)23-16(26)14-9-21-6-7-22-14/h4-9,15H,10H2,1-3H3,(H2,20,24)(H,23,26). The molecule has 0 fully saturated rings. The Morgan fingerprint density at radius 1 is 1.41 bits per heavy atom. The summed E-state index contributed by atoms with van der Waals surface area (Å²) in [7, 11) is 1.92. The van der Waals surface area contributed by atoms with Crippen molar-refractivity contribution in [3.63, 3.8) is 0 Å². The van der Waals surface area contributed by atoms with Gasteiger partial charge in [-0.3, -0.25) is 19.1 Å². The number of carbonyl (C=O) groups is 1. The van der Waals surface area contributed by atoms with Crippen molar-refractivity contribution < 1.29 is 9.18 Å². The Hall–Kier alpha value is -2.52. The van der Waals surface area contributed by atoms with Gasteiger partial charge in [0.05, 0.1) is 17.0 Å². The Bertz CT molecular complexity index is 873. The molecule has 0 saturated heterocycles. The molecule has 0 aliphatic carbocycles. The zero-order valence-corrected chi connectivity index (χ0v) is 16.1. The molecule has 1 amide bonds. The molecular weight excluding hydrogens is 367 g/mol. The number of halogens is 1. The number of aromatic nitrogens is 2. The summed E-state index contributed by atoms with van der Waals surface area (Å²) in [6, 6.07) is 3.93. The zero-order valence-electron chi connectivity index (χ0n) is 15.3. The summed E-state index contributed by atoms with van der Waals surface area (Å²) < 4.78 is 16.1. The maximum absolute atomic E-state index is 14.5. The third-order valence-corrected chi connectivity index (χ3v) is 5.26. The van der Waals surface area contributed by atoms with Crippen LogP contribution in [-0.4, -0.2) is 44.4 Å². The Labute approximate surface area is 161 Å². The number of benzene rings is 1. The quantitative estimate of drug-likeness (QED) is 0.785. The molecule has 2 aromatic rings. The smallest absolute Gasteiger partial charge is 0.275 e. The van der Waals surface area contributed by atoms with Crippen molar-refractivity contribution in [2.24, 2.45) is 10.7 Å². The lowest BCUT2D eigenvalue weighted by Gasteiger charge is -2.25. The molecule has 1 aromatic heterocycles. The minimum absolute atomic E-state index is 0.179. The first-order valence-electron chi connectivity index (χ1n) is 8.37. The average Bonchev–Trinajstić information content (AvgIpc) is 2.72. The Balaban J connectivity index is 1.89. The van der Waals surface area contributed by atoms with Gasteiger partial charge in [0, 0.05) is 30.2 Å². The number of nitrogens with zero attached hydrogens (tertiary/aromatic N) is 4. The predicted octanol–water partition coefficient (Wildman–Crippen LogP) is 2.64. The van der Waals surface area contributed by atoms with E-state index in [1.54, 1.807) is 18.0 Å². The first-order chi connectivity index (χ1) is 12.8. The number of hydrogen-bond acceptors (Lipinski definition) is 7. The van der Waals surface area contributed by atoms with Gasteiger partial charge < -0.3 is 11.1 Å². The van der Waals surface area contributed by atoms with Crippen LogP contribution in [0.1, 0.15) is 35.9 Å². The van der Waals surface area contributed by atoms with Gasteiger partial charge in [0.2, 0.25) is 0 Å². The minimum atomic E-state index is -0.474. The molecule has 1 unspecified atom stereocenters. The number of anilines is 1. The molecule has 0 bridgehead atoms. The number of likely N-dealkylation sites (N-methyl/N-ethyl adjacent to an activating group) is 1. The predicted molar refractivity (Wildman–Crippen MR) is 105 cm³/mol. The van der Waals surface area contributed by atoms with Gasteiger partial charge in [-0.05, 0) is 39.1 Å². The number of amides is 1. The molecule has 9 heteroatoms. The van der Waals surface area contributed by atoms with Crippen molar-refractivity contribution in [3.8, 4) is 0 Å². The fraction of sp³-hybridized carbons (Fsp3) is 0.333. The third kappa shape index (κ3) is 4.42. The number of rotatable bonds is 3. The molecule has 2 heterocycles. The van der Waals surface area contributed by atoms with E-state index in [9.17, 15) is 9.18 Å². The number of nitrogens with one attached hydrogen (secondary N) is 1. The van der Waals surface area contributed by atoms with Crippen molar-refractivity contribution in [2.75, 3.05) is 18.9 Å². The summed E-state index contributed by atoms with van der Waals surface area (Å²) in [6.45, 7) is 4.44. The Kier molecular flexibility index (Phi) is 5.43. The minimum Gasteiger partial charge on any atom is -0.386 e. The molecule has 1 aliphatic heterocycles. The molecule has 142 valence electrons. The van der Waals surface area contributed by atoms with Crippen molar-refractivity contribution in [2.45, 2.75) is 24.6 Å². The first-order valence-corrected chi connectivity index (χ1v) is 9.14. The van der Waals surface area contributed by atoms with E-state index in [0.29, 0.717) is 23.6 Å². The molecule has 1 aromatic carbocycles. The van der Waals surface area contributed by atoms with Crippen LogP contribution >= 0.6 is 11.9 Å². The second-order valence-corrected chi connectivity index (χ2v) is 8.55. The highest BCUT2D eigenvalue weighted by atomic mass is 32.2. The molecule has 0 saturated carbocycles. The molecule has 1 atom stereocenters. The van der Waals surface area contributed by atoms with Gasteiger partial charge in [-0.25, -0.2) is 9.37 Å². The van der Waals surface area contributed by atoms with Crippen LogP contribution in [0.2, 0.25) is 0 Å². The van der Waals surface area contributed by atoms with Crippen LogP contribution in [0.3, 0.4) is 0 Å². The van der Waals surface area contributed by atoms with Gasteiger partial charge in [-0.2, -0.15) is 0 Å². The summed E-state index contributed by atoms with van der Waals surface area (Å²) in [5, 5.41) is 2.71. The van der Waals surface area contributed by atoms with E-state index in [1.807, 2.05) is 25.2 Å². The number of aliphatic imine (C=N–C) groups is 1. The summed E-state index contributed by atoms with van der Waals surface area (Å²) in [6.07, 6.45) is 4.28. The normalized spacial score (nSPS) is 19.9. The van der Waals surface area contributed by atoms with Gasteiger partial charge in [0.25, 0.3) is 5.91 Å². The first kappa shape index (κ1) is 19.2. The average molecular weight is 388 g/mol. The highest BCUT2D eigenvalue weighted by Gasteiger charge is 2.32. The summed E-state index contributed by atoms with van der Waals surface area (Å²) in [4.78, 5) is 24.6. The molecule has 1 aliphatic rings. The van der Waals surface area contributed by atoms with Gasteiger partial charge in [0.1, 0.15) is 17.3 Å². The molecule has 0 radical (unpaired) electrons. The molecule has 7 nitrogen and oxygen atoms in total. The van der Waals surface area contributed by atoms with Crippen molar-refractivity contribution in [1.29, 1.82) is 0 Å². The molecule has 3 rings (SSSR count). The second-order valence-electron chi connectivity index (χ2n) is 6.72. The molecular formula is C18H21FN6OS. The van der Waals surface area contributed by atoms with Gasteiger partial charge >= 0.3 is 0 Å². The van der Waals surface area contributed by atoms with Crippen LogP contribution in [0.4, 0.5) is 10.1 Å². The monoisotopic (exact) mass is 388 g/mol. The van der Waals surface area contributed by atoms with Crippen LogP contribution in [0.15, 0.2) is 41.8 Å². The lowest BCUT2D eigenvalue weighted by Crippen LogP contribution is -2.36. The SMILES string of the molecule is CN1CC(c2cc(NC(=O)c3cnccn3)ccc2F)N=C(N)C(C)(C)S1. The highest BCUT2D eigenvalue weighted by Crippen LogP contribution is 2.35. The summed E-state index contributed by atoms with van der Waals surface area (Å²) in [5.74, 6) is -0.360. The summed E-state index contributed by atoms with van der Waals surface area (Å²) in [5.41, 5.74) is 7.15. The maximum atomic E-state index is 14.5. The zero-order chi connectivity index (χ0) is 19.6. The Morgan fingerprint density at radius 2 is 2.19 bits per heavy atom. The van der Waals surface area contributed by atoms with E-state index >= 15 is 0 Å². The van der Waals surface area contributed by atoms with E-state index in [2.05, 4.69) is 20.3 Å². The van der Waals surface area contributed by atoms with E-state index in [1.165, 1.54) is 30.7 Å². The van der Waals surface area contributed by atoms with Crippen molar-refractivity contribution in [1.82, 2.24) is 14.3 Å². The van der Waals surface area contributed by atoms with E-state index in [4.69, 9.17) is 5.73 Å². The van der Waals surface area contributed by atoms with Gasteiger partial charge in [-0.15, -0.1) is 0 Å². The van der Waals surface area contributed by atoms with E-state index < -0.39 is 17.8 Å². The van der Waals surface area contributed by atoms with Crippen LogP contribution in [0.25, 0.3) is 0 Å². The lowest BCUT2D eigenvalue weighted by molar-refractivity contribution is 0.102. The van der Waals surface area contributed by atoms with Crippen molar-refractivity contribution >= 4 is 29.4 Å². The number of hydrogen-bond donors (Lipinski definition) is 2. The number of nitrogens with two attached hydrogens (primary N) is 1. The van der Waals surface area contributed by atoms with Crippen molar-refractivity contribution in [3.05, 3.63) is 53.9 Å². The summed E-state index contributed by atoms with van der Waals surface area (Å²) >= 11 is 1.56. The highest BCUT2D eigenvalue weighted by molar-refractivity contribution is 7.99. The van der Waals surface area contributed by atoms with E-state index in [-0.39, 0.29) is 10.4 Å². The molecule has 3 N–H and O–H groups in total. The van der Waals surface area contributed by atoms with E-state index in [0.717, 1.165) is 0 Å². The van der Waals surface area contributed by atoms with Gasteiger partial charge in [0.15, 0.2) is 0 Å². The van der Waals surface area contributed by atoms with Gasteiger partial charge in [-0.1, -0.05) is 11.9 Å². The largest absolute Gasteiger partial charge is 0.386 e. The molecule has 0 spiro atoms. The third-order valence-electron chi connectivity index (χ3n) is 4.13. The second kappa shape index (κ2) is 7.61. The fourth-order valence-corrected chi connectivity index (χ4v) is 3.88. The van der Waals surface area contributed by atoms with Crippen LogP contribution in [0, 0.1) is 5.82 Å². The number of amidine groups is 1. The topological polar surface area (TPSA) is 96.5 Å². The molecule has 27 heavy (non-hydrogen) atoms. The van der Waals surface area contributed by atoms with Crippen LogP contribution < -0.4 is 11.1 Å². The maximum Gasteiger partial charge on any atom is 0.275 e. The fourth-order valence-electron chi connectivity index (χ4n) is 2.74. The van der Waals surface area contributed by atoms with Crippen LogP contribution in [-0.2, 0) is 0 Å². The van der Waals surface area contributed by atoms with Crippen LogP contribution in [0.5, 0.6) is 0 Å². The Morgan fingerprint density at radius 3 is 2.89 bits per heavy atom. The lowest BCUT2D eigenvalue weighted by atomic mass is 10.0.